The molecule has 0 amide bonds. The van der Waals surface area contributed by atoms with Crippen LogP contribution < -0.4 is 14.9 Å². The van der Waals surface area contributed by atoms with Crippen LogP contribution in [0, 0.1) is 17.5 Å². The monoisotopic (exact) mass is 422 g/mol. The average molecular weight is 423 g/mol. The van der Waals surface area contributed by atoms with Gasteiger partial charge in [-0.3, -0.25) is 5.10 Å². The first-order valence-corrected chi connectivity index (χ1v) is 9.47. The summed E-state index contributed by atoms with van der Waals surface area (Å²) in [5.74, 6) is 1.37. The van der Waals surface area contributed by atoms with Gasteiger partial charge < -0.3 is 14.9 Å². The summed E-state index contributed by atoms with van der Waals surface area (Å²) in [5, 5.41) is 7.25. The number of aromatic nitrogens is 3. The molecule has 0 atom stereocenters. The van der Waals surface area contributed by atoms with E-state index in [0.717, 1.165) is 5.56 Å². The third-order valence-electron chi connectivity index (χ3n) is 4.02. The Morgan fingerprint density at radius 1 is 1.21 bits per heavy atom. The Bertz CT molecular complexity index is 1020. The van der Waals surface area contributed by atoms with Crippen LogP contribution in [0.1, 0.15) is 23.9 Å². The molecule has 148 valence electrons. The fraction of sp³-hybridized carbons (Fsp3) is 0.263. The lowest BCUT2D eigenvalue weighted by molar-refractivity contribution is 0.265. The topological polar surface area (TPSA) is 64.1 Å². The normalized spacial score (nSPS) is 10.7. The van der Waals surface area contributed by atoms with Crippen molar-refractivity contribution in [2.24, 2.45) is 0 Å². The first kappa shape index (κ1) is 20.2. The van der Waals surface area contributed by atoms with Crippen LogP contribution in [0.25, 0.3) is 0 Å². The maximum Gasteiger partial charge on any atom is 0.214 e. The van der Waals surface area contributed by atoms with Crippen LogP contribution in [0.5, 0.6) is 11.5 Å². The Kier molecular flexibility index (Phi) is 6.53. The van der Waals surface area contributed by atoms with E-state index in [9.17, 15) is 4.39 Å². The van der Waals surface area contributed by atoms with Crippen LogP contribution in [0.2, 0.25) is 5.02 Å². The SMILES string of the molecule is CCOc1cc(CNn2c(C)n[nH]c2=S)c(Cl)cc1OCc1ccccc1F. The molecule has 0 aliphatic rings. The molecule has 0 saturated carbocycles. The number of H-pyrrole nitrogens is 1. The molecule has 0 unspecified atom stereocenters. The second-order valence-corrected chi connectivity index (χ2v) is 6.74. The van der Waals surface area contributed by atoms with Crippen LogP contribution >= 0.6 is 23.8 Å². The van der Waals surface area contributed by atoms with Gasteiger partial charge in [0.25, 0.3) is 0 Å². The number of nitrogens with zero attached hydrogens (tertiary/aromatic N) is 2. The van der Waals surface area contributed by atoms with Crippen LogP contribution in [0.3, 0.4) is 0 Å². The number of hydrogen-bond acceptors (Lipinski definition) is 5. The molecule has 0 bridgehead atoms. The summed E-state index contributed by atoms with van der Waals surface area (Å²) in [6, 6.07) is 9.94. The molecule has 0 spiro atoms. The minimum atomic E-state index is -0.320. The van der Waals surface area contributed by atoms with Crippen molar-refractivity contribution in [2.45, 2.75) is 27.0 Å². The molecule has 3 rings (SSSR count). The highest BCUT2D eigenvalue weighted by Gasteiger charge is 2.13. The van der Waals surface area contributed by atoms with Gasteiger partial charge in [0.1, 0.15) is 18.2 Å². The van der Waals surface area contributed by atoms with Crippen LogP contribution in [0.4, 0.5) is 4.39 Å². The van der Waals surface area contributed by atoms with E-state index in [1.807, 2.05) is 13.8 Å². The van der Waals surface area contributed by atoms with Crippen LogP contribution in [-0.4, -0.2) is 21.5 Å². The summed E-state index contributed by atoms with van der Waals surface area (Å²) in [5.41, 5.74) is 4.41. The number of aryl methyl sites for hydroxylation is 1. The fourth-order valence-corrected chi connectivity index (χ4v) is 3.05. The molecule has 0 aliphatic carbocycles. The first-order chi connectivity index (χ1) is 13.5. The number of ether oxygens (including phenoxy) is 2. The quantitative estimate of drug-likeness (QED) is 0.512. The molecule has 0 aliphatic heterocycles. The second-order valence-electron chi connectivity index (χ2n) is 5.95. The van der Waals surface area contributed by atoms with Crippen molar-refractivity contribution in [3.05, 3.63) is 69.0 Å². The molecule has 3 aromatic rings. The summed E-state index contributed by atoms with van der Waals surface area (Å²) in [7, 11) is 0. The molecule has 1 heterocycles. The number of halogens is 2. The van der Waals surface area contributed by atoms with Gasteiger partial charge in [-0.15, -0.1) is 0 Å². The summed E-state index contributed by atoms with van der Waals surface area (Å²) in [6.45, 7) is 4.63. The van der Waals surface area contributed by atoms with E-state index in [0.29, 0.717) is 45.8 Å². The van der Waals surface area contributed by atoms with Gasteiger partial charge in [0.2, 0.25) is 4.77 Å². The fourth-order valence-electron chi connectivity index (χ4n) is 2.59. The Hall–Kier alpha value is -2.58. The van der Waals surface area contributed by atoms with E-state index in [2.05, 4.69) is 15.6 Å². The van der Waals surface area contributed by atoms with Gasteiger partial charge in [0, 0.05) is 16.7 Å². The third-order valence-corrected chi connectivity index (χ3v) is 4.65. The molecule has 0 saturated heterocycles. The summed E-state index contributed by atoms with van der Waals surface area (Å²) in [4.78, 5) is 0. The van der Waals surface area contributed by atoms with Gasteiger partial charge in [0.15, 0.2) is 11.5 Å². The summed E-state index contributed by atoms with van der Waals surface area (Å²) in [6.07, 6.45) is 0. The lowest BCUT2D eigenvalue weighted by atomic mass is 10.2. The lowest BCUT2D eigenvalue weighted by Crippen LogP contribution is -2.16. The molecular weight excluding hydrogens is 403 g/mol. The van der Waals surface area contributed by atoms with E-state index >= 15 is 0 Å². The molecule has 0 fully saturated rings. The maximum atomic E-state index is 13.8. The largest absolute Gasteiger partial charge is 0.490 e. The van der Waals surface area contributed by atoms with Crippen molar-refractivity contribution in [1.29, 1.82) is 0 Å². The Labute approximate surface area is 172 Å². The van der Waals surface area contributed by atoms with Gasteiger partial charge in [-0.2, -0.15) is 5.10 Å². The highest BCUT2D eigenvalue weighted by atomic mass is 35.5. The van der Waals surface area contributed by atoms with E-state index < -0.39 is 0 Å². The molecule has 6 nitrogen and oxygen atoms in total. The maximum absolute atomic E-state index is 13.8. The molecule has 0 radical (unpaired) electrons. The minimum absolute atomic E-state index is 0.0735. The van der Waals surface area contributed by atoms with Gasteiger partial charge in [-0.1, -0.05) is 29.8 Å². The van der Waals surface area contributed by atoms with Crippen molar-refractivity contribution < 1.29 is 13.9 Å². The third kappa shape index (κ3) is 4.63. The molecule has 2 aromatic carbocycles. The molecule has 28 heavy (non-hydrogen) atoms. The summed E-state index contributed by atoms with van der Waals surface area (Å²) < 4.78 is 27.4. The van der Waals surface area contributed by atoms with E-state index in [1.54, 1.807) is 35.0 Å². The van der Waals surface area contributed by atoms with Gasteiger partial charge in [-0.25, -0.2) is 9.07 Å². The lowest BCUT2D eigenvalue weighted by Gasteiger charge is -2.16. The molecule has 9 heteroatoms. The molecular formula is C19H20ClFN4O2S. The number of rotatable bonds is 8. The van der Waals surface area contributed by atoms with Crippen molar-refractivity contribution in [3.8, 4) is 11.5 Å². The van der Waals surface area contributed by atoms with E-state index in [-0.39, 0.29) is 12.4 Å². The van der Waals surface area contributed by atoms with Gasteiger partial charge >= 0.3 is 0 Å². The Balaban J connectivity index is 1.79. The van der Waals surface area contributed by atoms with Crippen molar-refractivity contribution in [3.63, 3.8) is 0 Å². The predicted molar refractivity (Wildman–Crippen MR) is 109 cm³/mol. The van der Waals surface area contributed by atoms with Crippen LogP contribution in [0.15, 0.2) is 36.4 Å². The van der Waals surface area contributed by atoms with Gasteiger partial charge in [-0.05, 0) is 43.8 Å². The second kappa shape index (κ2) is 9.07. The molecule has 1 aromatic heterocycles. The zero-order valence-electron chi connectivity index (χ0n) is 15.5. The van der Waals surface area contributed by atoms with Crippen molar-refractivity contribution >= 4 is 23.8 Å². The Morgan fingerprint density at radius 2 is 1.96 bits per heavy atom. The highest BCUT2D eigenvalue weighted by molar-refractivity contribution is 7.71. The first-order valence-electron chi connectivity index (χ1n) is 8.69. The number of benzene rings is 2. The van der Waals surface area contributed by atoms with Crippen molar-refractivity contribution in [2.75, 3.05) is 12.0 Å². The average Bonchev–Trinajstić information content (AvgIpc) is 2.99. The predicted octanol–water partition coefficient (Wildman–Crippen LogP) is 4.76. The number of nitrogens with one attached hydrogen (secondary N) is 2. The van der Waals surface area contributed by atoms with E-state index in [1.165, 1.54) is 6.07 Å². The van der Waals surface area contributed by atoms with Crippen LogP contribution in [-0.2, 0) is 13.2 Å². The molecule has 2 N–H and O–H groups in total. The zero-order chi connectivity index (χ0) is 20.1. The van der Waals surface area contributed by atoms with E-state index in [4.69, 9.17) is 33.3 Å². The number of hydrogen-bond donors (Lipinski definition) is 2. The smallest absolute Gasteiger partial charge is 0.214 e. The number of aromatic amines is 1. The summed E-state index contributed by atoms with van der Waals surface area (Å²) >= 11 is 11.6. The standard InChI is InChI=1S/C19H20ClFN4O2S/c1-3-26-17-8-14(10-22-25-12(2)23-24-19(25)28)15(20)9-18(17)27-11-13-6-4-5-7-16(13)21/h4-9,22H,3,10-11H2,1-2H3,(H,24,28). The van der Waals surface area contributed by atoms with Gasteiger partial charge in [0.05, 0.1) is 13.2 Å². The zero-order valence-corrected chi connectivity index (χ0v) is 17.0. The minimum Gasteiger partial charge on any atom is -0.490 e. The Morgan fingerprint density at radius 3 is 2.64 bits per heavy atom. The highest BCUT2D eigenvalue weighted by Crippen LogP contribution is 2.34. The van der Waals surface area contributed by atoms with Crippen molar-refractivity contribution in [1.82, 2.24) is 14.9 Å².